The number of ether oxygens (including phenoxy) is 1. The molecule has 1 aliphatic heterocycles. The summed E-state index contributed by atoms with van der Waals surface area (Å²) in [5.41, 5.74) is 13.0. The molecule has 5 unspecified atom stereocenters. The van der Waals surface area contributed by atoms with Crippen molar-refractivity contribution in [2.75, 3.05) is 11.4 Å². The van der Waals surface area contributed by atoms with Crippen molar-refractivity contribution in [2.45, 2.75) is 103 Å². The molecule has 0 saturated carbocycles. The van der Waals surface area contributed by atoms with Gasteiger partial charge in [0.25, 0.3) is 0 Å². The first-order valence-corrected chi connectivity index (χ1v) is 19.5. The number of rotatable bonds is 8. The van der Waals surface area contributed by atoms with E-state index in [1.165, 1.54) is 69.0 Å². The van der Waals surface area contributed by atoms with E-state index >= 15 is 0 Å². The van der Waals surface area contributed by atoms with Gasteiger partial charge in [-0.05, 0) is 128 Å². The second-order valence-electron chi connectivity index (χ2n) is 16.1. The number of nitrogens with zero attached hydrogens (tertiary/aromatic N) is 1. The molecule has 0 N–H and O–H groups in total. The molecule has 0 radical (unpaired) electrons. The Morgan fingerprint density at radius 1 is 1.00 bits per heavy atom. The lowest BCUT2D eigenvalue weighted by Crippen LogP contribution is -2.41. The second kappa shape index (κ2) is 13.6. The topological polar surface area (TPSA) is 12.5 Å². The molecule has 0 bridgehead atoms. The highest BCUT2D eigenvalue weighted by Gasteiger charge is 2.48. The van der Waals surface area contributed by atoms with Crippen LogP contribution in [0.15, 0.2) is 125 Å². The fraction of sp³-hybridized carbons (Fsp3) is 0.417. The zero-order valence-electron chi connectivity index (χ0n) is 30.8. The van der Waals surface area contributed by atoms with E-state index in [4.69, 9.17) is 4.74 Å². The molecule has 0 saturated heterocycles. The fourth-order valence-electron chi connectivity index (χ4n) is 9.89. The minimum atomic E-state index is -0.112. The number of benzene rings is 2. The zero-order chi connectivity index (χ0) is 34.3. The van der Waals surface area contributed by atoms with Gasteiger partial charge in [-0.1, -0.05) is 105 Å². The number of hydrogen-bond acceptors (Lipinski definition) is 2. The lowest BCUT2D eigenvalue weighted by atomic mass is 9.62. The molecule has 6 aliphatic rings. The van der Waals surface area contributed by atoms with E-state index in [1.54, 1.807) is 0 Å². The fourth-order valence-corrected chi connectivity index (χ4v) is 9.89. The summed E-state index contributed by atoms with van der Waals surface area (Å²) in [5.74, 6) is 2.49. The van der Waals surface area contributed by atoms with Crippen LogP contribution >= 0.6 is 0 Å². The predicted molar refractivity (Wildman–Crippen MR) is 212 cm³/mol. The summed E-state index contributed by atoms with van der Waals surface area (Å²) in [6, 6.07) is 16.4. The Hall–Kier alpha value is -4.04. The molecule has 0 spiro atoms. The van der Waals surface area contributed by atoms with Crippen molar-refractivity contribution in [3.8, 4) is 0 Å². The van der Waals surface area contributed by atoms with E-state index in [-0.39, 0.29) is 11.0 Å². The van der Waals surface area contributed by atoms with Crippen molar-refractivity contribution in [1.82, 2.24) is 0 Å². The van der Waals surface area contributed by atoms with Crippen LogP contribution in [0.2, 0.25) is 0 Å². The van der Waals surface area contributed by atoms with Gasteiger partial charge in [0.15, 0.2) is 0 Å². The number of fused-ring (bicyclic) bond motifs is 6. The first-order chi connectivity index (χ1) is 24.4. The minimum Gasteiger partial charge on any atom is -0.491 e. The minimum absolute atomic E-state index is 0.0421. The average molecular weight is 662 g/mol. The lowest BCUT2D eigenvalue weighted by molar-refractivity contribution is 0.00514. The van der Waals surface area contributed by atoms with Crippen molar-refractivity contribution in [2.24, 2.45) is 17.3 Å². The van der Waals surface area contributed by atoms with Gasteiger partial charge in [0.2, 0.25) is 0 Å². The Kier molecular flexibility index (Phi) is 9.00. The summed E-state index contributed by atoms with van der Waals surface area (Å²) >= 11 is 0. The lowest BCUT2D eigenvalue weighted by Gasteiger charge is -2.48. The number of allylic oxidation sites excluding steroid dienone is 12. The maximum atomic E-state index is 6.68. The summed E-state index contributed by atoms with van der Waals surface area (Å²) in [4.78, 5) is 2.74. The van der Waals surface area contributed by atoms with Gasteiger partial charge in [-0.25, -0.2) is 0 Å². The van der Waals surface area contributed by atoms with Crippen molar-refractivity contribution in [1.29, 1.82) is 0 Å². The first kappa shape index (κ1) is 33.1. The molecule has 1 heterocycles. The van der Waals surface area contributed by atoms with E-state index in [1.807, 2.05) is 0 Å². The number of anilines is 1. The first-order valence-electron chi connectivity index (χ1n) is 19.5. The van der Waals surface area contributed by atoms with Crippen LogP contribution in [0.3, 0.4) is 0 Å². The highest BCUT2D eigenvalue weighted by Crippen LogP contribution is 2.55. The van der Waals surface area contributed by atoms with Crippen LogP contribution in [0.5, 0.6) is 0 Å². The Bertz CT molecular complexity index is 1890. The predicted octanol–water partition coefficient (Wildman–Crippen LogP) is 12.6. The van der Waals surface area contributed by atoms with Gasteiger partial charge < -0.3 is 9.64 Å². The maximum absolute atomic E-state index is 6.68. The SMILES string of the molecule is C/C=C\C=C(\C1=CCC2(C)OC3=C(C=CCC3)C2C1)C(C)CCN(C1=Cc2ccccc2C2C=CCCC12C)c1ccc2c(c1)CCCC=C2. The average Bonchev–Trinajstić information content (AvgIpc) is 3.25. The quantitative estimate of drug-likeness (QED) is 0.206. The van der Waals surface area contributed by atoms with Crippen molar-refractivity contribution < 1.29 is 4.74 Å². The van der Waals surface area contributed by atoms with Crippen LogP contribution in [0.4, 0.5) is 5.69 Å². The van der Waals surface area contributed by atoms with Crippen LogP contribution < -0.4 is 4.90 Å². The van der Waals surface area contributed by atoms with Crippen molar-refractivity contribution in [3.63, 3.8) is 0 Å². The van der Waals surface area contributed by atoms with Gasteiger partial charge >= 0.3 is 0 Å². The molecule has 0 amide bonds. The van der Waals surface area contributed by atoms with E-state index in [0.717, 1.165) is 57.9 Å². The second-order valence-corrected chi connectivity index (χ2v) is 16.1. The van der Waals surface area contributed by atoms with E-state index in [2.05, 4.69) is 142 Å². The third kappa shape index (κ3) is 5.93. The third-order valence-electron chi connectivity index (χ3n) is 12.9. The van der Waals surface area contributed by atoms with Crippen molar-refractivity contribution in [3.05, 3.63) is 148 Å². The summed E-state index contributed by atoms with van der Waals surface area (Å²) in [6.07, 6.45) is 37.4. The van der Waals surface area contributed by atoms with Gasteiger partial charge in [0.05, 0.1) is 0 Å². The zero-order valence-corrected chi connectivity index (χ0v) is 30.8. The molecule has 5 atom stereocenters. The summed E-state index contributed by atoms with van der Waals surface area (Å²) in [5, 5.41) is 0. The largest absolute Gasteiger partial charge is 0.491 e. The van der Waals surface area contributed by atoms with Gasteiger partial charge in [0, 0.05) is 48.0 Å². The Labute approximate surface area is 301 Å². The van der Waals surface area contributed by atoms with Crippen LogP contribution in [-0.4, -0.2) is 12.1 Å². The summed E-state index contributed by atoms with van der Waals surface area (Å²) in [6.45, 7) is 10.5. The summed E-state index contributed by atoms with van der Waals surface area (Å²) < 4.78 is 6.68. The molecule has 2 heteroatoms. The Balaban J connectivity index is 1.14. The normalized spacial score (nSPS) is 28.8. The molecular formula is C48H55NO. The Morgan fingerprint density at radius 3 is 2.78 bits per heavy atom. The third-order valence-corrected chi connectivity index (χ3v) is 12.9. The van der Waals surface area contributed by atoms with Crippen LogP contribution in [0.25, 0.3) is 12.2 Å². The molecule has 258 valence electrons. The van der Waals surface area contributed by atoms with E-state index in [0.29, 0.717) is 17.8 Å². The van der Waals surface area contributed by atoms with Crippen LogP contribution in [0.1, 0.15) is 114 Å². The maximum Gasteiger partial charge on any atom is 0.116 e. The summed E-state index contributed by atoms with van der Waals surface area (Å²) in [7, 11) is 0. The molecule has 2 aromatic carbocycles. The Morgan fingerprint density at radius 2 is 1.88 bits per heavy atom. The monoisotopic (exact) mass is 661 g/mol. The highest BCUT2D eigenvalue weighted by molar-refractivity contribution is 5.72. The van der Waals surface area contributed by atoms with Gasteiger partial charge in [-0.2, -0.15) is 0 Å². The van der Waals surface area contributed by atoms with Crippen molar-refractivity contribution >= 4 is 17.8 Å². The smallest absolute Gasteiger partial charge is 0.116 e. The van der Waals surface area contributed by atoms with E-state index in [9.17, 15) is 0 Å². The van der Waals surface area contributed by atoms with Gasteiger partial charge in [-0.3, -0.25) is 0 Å². The number of aryl methyl sites for hydroxylation is 1. The van der Waals surface area contributed by atoms with E-state index < -0.39 is 0 Å². The molecule has 50 heavy (non-hydrogen) atoms. The molecule has 5 aliphatic carbocycles. The standard InChI is InChI=1S/C48H55NO/c1-5-6-19-40(38-26-29-48(4)44(32-38)42-21-12-13-23-45(42)50-48)34(2)27-30-49(39-25-24-35-16-8-7-9-17-36(35)31-39)46-33-37-18-10-11-20-41(37)43-22-14-15-28-47(43,46)3/h5-6,8,10-12,14,16,18-22,24-26,31,33-34,43-44H,7,9,13,15,17,23,27-30,32H2,1-4H3/b6-5-,40-19+. The molecule has 0 fully saturated rings. The molecule has 0 aromatic heterocycles. The molecule has 2 aromatic rings. The molecule has 2 nitrogen and oxygen atoms in total. The molecular weight excluding hydrogens is 607 g/mol. The highest BCUT2D eigenvalue weighted by atomic mass is 16.5. The van der Waals surface area contributed by atoms with Gasteiger partial charge in [-0.15, -0.1) is 0 Å². The number of hydrogen-bond donors (Lipinski definition) is 0. The van der Waals surface area contributed by atoms with Crippen LogP contribution in [0, 0.1) is 17.3 Å². The molecule has 8 rings (SSSR count). The van der Waals surface area contributed by atoms with Crippen LogP contribution in [-0.2, 0) is 11.2 Å². The van der Waals surface area contributed by atoms with Gasteiger partial charge in [0.1, 0.15) is 11.4 Å².